The number of aryl methyl sites for hydroxylation is 1. The van der Waals surface area contributed by atoms with Gasteiger partial charge >= 0.3 is 0 Å². The third-order valence-electron chi connectivity index (χ3n) is 1.99. The van der Waals surface area contributed by atoms with Crippen LogP contribution < -0.4 is 5.32 Å². The third-order valence-corrected chi connectivity index (χ3v) is 2.70. The Balaban J connectivity index is 1.78. The lowest BCUT2D eigenvalue weighted by Gasteiger charge is -2.02. The molecule has 0 aliphatic rings. The van der Waals surface area contributed by atoms with E-state index in [1.165, 1.54) is 11.5 Å². The van der Waals surface area contributed by atoms with Gasteiger partial charge in [-0.3, -0.25) is 0 Å². The van der Waals surface area contributed by atoms with Crippen LogP contribution >= 0.6 is 11.5 Å². The van der Waals surface area contributed by atoms with E-state index in [4.69, 9.17) is 0 Å². The van der Waals surface area contributed by atoms with Gasteiger partial charge in [0.2, 0.25) is 5.13 Å². The van der Waals surface area contributed by atoms with Crippen LogP contribution in [0, 0.1) is 0 Å². The summed E-state index contributed by atoms with van der Waals surface area (Å²) in [6, 6.07) is 0. The Morgan fingerprint density at radius 1 is 1.53 bits per heavy atom. The molecule has 0 saturated heterocycles. The summed E-state index contributed by atoms with van der Waals surface area (Å²) in [6.07, 6.45) is 6.42. The Morgan fingerprint density at radius 2 is 2.47 bits per heavy atom. The molecule has 5 nitrogen and oxygen atoms in total. The Bertz CT molecular complexity index is 394. The standard InChI is InChI=1S/C9H13N5S/c1-2-8-12-9(15-13-8)11-4-6-14-5-3-10-7-14/h3,5,7H,2,4,6H2,1H3,(H,11,12,13). The molecule has 0 amide bonds. The lowest BCUT2D eigenvalue weighted by Crippen LogP contribution is -2.08. The highest BCUT2D eigenvalue weighted by Gasteiger charge is 2.00. The molecule has 0 fully saturated rings. The molecule has 2 rings (SSSR count). The van der Waals surface area contributed by atoms with Gasteiger partial charge in [-0.05, 0) is 0 Å². The van der Waals surface area contributed by atoms with Gasteiger partial charge in [-0.25, -0.2) is 9.97 Å². The lowest BCUT2D eigenvalue weighted by atomic mass is 10.5. The molecule has 15 heavy (non-hydrogen) atoms. The molecule has 2 aromatic rings. The van der Waals surface area contributed by atoms with E-state index in [1.54, 1.807) is 12.5 Å². The topological polar surface area (TPSA) is 55.6 Å². The van der Waals surface area contributed by atoms with Gasteiger partial charge in [0.1, 0.15) is 5.82 Å². The number of imidazole rings is 1. The lowest BCUT2D eigenvalue weighted by molar-refractivity contribution is 0.726. The summed E-state index contributed by atoms with van der Waals surface area (Å²) in [4.78, 5) is 8.29. The van der Waals surface area contributed by atoms with E-state index in [2.05, 4.69) is 26.6 Å². The molecule has 0 radical (unpaired) electrons. The van der Waals surface area contributed by atoms with Gasteiger partial charge < -0.3 is 9.88 Å². The van der Waals surface area contributed by atoms with Gasteiger partial charge in [0.15, 0.2) is 0 Å². The molecule has 80 valence electrons. The van der Waals surface area contributed by atoms with E-state index in [9.17, 15) is 0 Å². The second-order valence-corrected chi connectivity index (χ2v) is 3.85. The summed E-state index contributed by atoms with van der Waals surface area (Å²) in [5.74, 6) is 0.908. The zero-order valence-electron chi connectivity index (χ0n) is 8.55. The summed E-state index contributed by atoms with van der Waals surface area (Å²) in [5, 5.41) is 4.13. The minimum atomic E-state index is 0.842. The first kappa shape index (κ1) is 10.1. The predicted molar refractivity (Wildman–Crippen MR) is 60.0 cm³/mol. The molecule has 0 unspecified atom stereocenters. The van der Waals surface area contributed by atoms with E-state index in [-0.39, 0.29) is 0 Å². The molecular formula is C9H13N5S. The number of hydrogen-bond acceptors (Lipinski definition) is 5. The van der Waals surface area contributed by atoms with Crippen molar-refractivity contribution in [1.82, 2.24) is 18.9 Å². The summed E-state index contributed by atoms with van der Waals surface area (Å²) in [6.45, 7) is 3.78. The molecule has 0 aliphatic heterocycles. The van der Waals surface area contributed by atoms with E-state index in [1.807, 2.05) is 10.8 Å². The van der Waals surface area contributed by atoms with Crippen molar-refractivity contribution in [1.29, 1.82) is 0 Å². The molecule has 0 aromatic carbocycles. The van der Waals surface area contributed by atoms with Crippen LogP contribution in [-0.2, 0) is 13.0 Å². The number of hydrogen-bond donors (Lipinski definition) is 1. The number of aromatic nitrogens is 4. The monoisotopic (exact) mass is 223 g/mol. The predicted octanol–water partition coefficient (Wildman–Crippen LogP) is 1.41. The maximum Gasteiger partial charge on any atom is 0.202 e. The van der Waals surface area contributed by atoms with Crippen molar-refractivity contribution >= 4 is 16.7 Å². The summed E-state index contributed by atoms with van der Waals surface area (Å²) >= 11 is 1.41. The molecule has 0 atom stereocenters. The van der Waals surface area contributed by atoms with Crippen LogP contribution in [0.5, 0.6) is 0 Å². The van der Waals surface area contributed by atoms with Crippen molar-refractivity contribution in [3.63, 3.8) is 0 Å². The second-order valence-electron chi connectivity index (χ2n) is 3.10. The van der Waals surface area contributed by atoms with Gasteiger partial charge in [-0.15, -0.1) is 0 Å². The average molecular weight is 223 g/mol. The van der Waals surface area contributed by atoms with Crippen LogP contribution in [-0.4, -0.2) is 25.5 Å². The highest BCUT2D eigenvalue weighted by Crippen LogP contribution is 2.10. The highest BCUT2D eigenvalue weighted by molar-refractivity contribution is 7.09. The first-order valence-electron chi connectivity index (χ1n) is 4.90. The number of nitrogens with one attached hydrogen (secondary N) is 1. The van der Waals surface area contributed by atoms with Gasteiger partial charge in [-0.1, -0.05) is 6.92 Å². The molecule has 0 spiro atoms. The first-order valence-corrected chi connectivity index (χ1v) is 5.68. The zero-order chi connectivity index (χ0) is 10.5. The Kier molecular flexibility index (Phi) is 3.29. The summed E-state index contributed by atoms with van der Waals surface area (Å²) in [5.41, 5.74) is 0. The molecule has 6 heteroatoms. The van der Waals surface area contributed by atoms with Crippen LogP contribution in [0.25, 0.3) is 0 Å². The van der Waals surface area contributed by atoms with Gasteiger partial charge in [0, 0.05) is 43.4 Å². The Hall–Kier alpha value is -1.43. The Morgan fingerprint density at radius 3 is 3.13 bits per heavy atom. The van der Waals surface area contributed by atoms with Crippen molar-refractivity contribution < 1.29 is 0 Å². The summed E-state index contributed by atoms with van der Waals surface area (Å²) in [7, 11) is 0. The minimum Gasteiger partial charge on any atom is -0.358 e. The maximum atomic E-state index is 4.32. The number of rotatable bonds is 5. The highest BCUT2D eigenvalue weighted by atomic mass is 32.1. The second kappa shape index (κ2) is 4.88. The molecule has 0 saturated carbocycles. The smallest absolute Gasteiger partial charge is 0.202 e. The quantitative estimate of drug-likeness (QED) is 0.832. The van der Waals surface area contributed by atoms with Crippen molar-refractivity contribution in [2.24, 2.45) is 0 Å². The normalized spacial score (nSPS) is 10.5. The average Bonchev–Trinajstić information content (AvgIpc) is 2.88. The van der Waals surface area contributed by atoms with Gasteiger partial charge in [0.25, 0.3) is 0 Å². The van der Waals surface area contributed by atoms with Crippen LogP contribution in [0.2, 0.25) is 0 Å². The zero-order valence-corrected chi connectivity index (χ0v) is 9.37. The molecular weight excluding hydrogens is 210 g/mol. The third kappa shape index (κ3) is 2.76. The van der Waals surface area contributed by atoms with Crippen LogP contribution in [0.3, 0.4) is 0 Å². The summed E-state index contributed by atoms with van der Waals surface area (Å²) < 4.78 is 6.22. The fraction of sp³-hybridized carbons (Fsp3) is 0.444. The molecule has 0 aliphatic carbocycles. The first-order chi connectivity index (χ1) is 7.38. The van der Waals surface area contributed by atoms with Crippen LogP contribution in [0.15, 0.2) is 18.7 Å². The van der Waals surface area contributed by atoms with E-state index in [0.29, 0.717) is 0 Å². The number of anilines is 1. The van der Waals surface area contributed by atoms with E-state index < -0.39 is 0 Å². The van der Waals surface area contributed by atoms with E-state index in [0.717, 1.165) is 30.5 Å². The fourth-order valence-corrected chi connectivity index (χ4v) is 1.85. The van der Waals surface area contributed by atoms with Crippen molar-refractivity contribution in [2.75, 3.05) is 11.9 Å². The van der Waals surface area contributed by atoms with Gasteiger partial charge in [0.05, 0.1) is 6.33 Å². The SMILES string of the molecule is CCc1nsc(NCCn2ccnc2)n1. The maximum absolute atomic E-state index is 4.32. The minimum absolute atomic E-state index is 0.842. The van der Waals surface area contributed by atoms with Crippen molar-refractivity contribution in [2.45, 2.75) is 19.9 Å². The van der Waals surface area contributed by atoms with Crippen LogP contribution in [0.4, 0.5) is 5.13 Å². The molecule has 2 aromatic heterocycles. The molecule has 0 bridgehead atoms. The fourth-order valence-electron chi connectivity index (χ4n) is 1.18. The Labute approximate surface area is 92.4 Å². The van der Waals surface area contributed by atoms with Crippen molar-refractivity contribution in [3.05, 3.63) is 24.5 Å². The number of nitrogens with zero attached hydrogens (tertiary/aromatic N) is 4. The largest absolute Gasteiger partial charge is 0.358 e. The van der Waals surface area contributed by atoms with Crippen molar-refractivity contribution in [3.8, 4) is 0 Å². The molecule has 1 N–H and O–H groups in total. The molecule has 2 heterocycles. The van der Waals surface area contributed by atoms with Crippen LogP contribution in [0.1, 0.15) is 12.7 Å². The van der Waals surface area contributed by atoms with Gasteiger partial charge in [-0.2, -0.15) is 4.37 Å². The van der Waals surface area contributed by atoms with E-state index >= 15 is 0 Å².